The van der Waals surface area contributed by atoms with E-state index in [-0.39, 0.29) is 6.61 Å². The van der Waals surface area contributed by atoms with Gasteiger partial charge in [-0.3, -0.25) is 0 Å². The fourth-order valence-electron chi connectivity index (χ4n) is 0.515. The van der Waals surface area contributed by atoms with Gasteiger partial charge in [0.05, 0.1) is 6.61 Å². The quantitative estimate of drug-likeness (QED) is 0.623. The summed E-state index contributed by atoms with van der Waals surface area (Å²) in [7, 11) is 0. The summed E-state index contributed by atoms with van der Waals surface area (Å²) >= 11 is 0. The molecule has 0 aromatic carbocycles. The summed E-state index contributed by atoms with van der Waals surface area (Å²) in [6.07, 6.45) is 6.77. The molecule has 0 saturated heterocycles. The molecule has 0 fully saturated rings. The Hall–Kier alpha value is -0.560. The molecule has 0 radical (unpaired) electrons. The third-order valence-electron chi connectivity index (χ3n) is 1.18. The van der Waals surface area contributed by atoms with E-state index in [1.54, 1.807) is 0 Å². The lowest BCUT2D eigenvalue weighted by atomic mass is 10.2. The summed E-state index contributed by atoms with van der Waals surface area (Å²) in [5.74, 6) is 0. The number of hydrogen-bond acceptors (Lipinski definition) is 1. The molecule has 0 amide bonds. The van der Waals surface area contributed by atoms with Crippen LogP contribution in [0.1, 0.15) is 34.1 Å². The van der Waals surface area contributed by atoms with Crippen LogP contribution in [0.15, 0.2) is 23.8 Å². The molecule has 0 aromatic rings. The van der Waals surface area contributed by atoms with Gasteiger partial charge >= 0.3 is 0 Å². The second-order valence-corrected chi connectivity index (χ2v) is 1.86. The van der Waals surface area contributed by atoms with Gasteiger partial charge < -0.3 is 5.11 Å². The molecule has 0 aromatic heterocycles. The first-order chi connectivity index (χ1) is 5.35. The van der Waals surface area contributed by atoms with Gasteiger partial charge in [-0.05, 0) is 18.9 Å². The first-order valence-electron chi connectivity index (χ1n) is 4.26. The summed E-state index contributed by atoms with van der Waals surface area (Å²) in [4.78, 5) is 0. The predicted molar refractivity (Wildman–Crippen MR) is 51.6 cm³/mol. The first-order valence-corrected chi connectivity index (χ1v) is 4.26. The Bertz CT molecular complexity index is 106. The number of aliphatic hydroxyl groups excluding tert-OH is 1. The van der Waals surface area contributed by atoms with Gasteiger partial charge in [-0.1, -0.05) is 39.0 Å². The zero-order valence-corrected chi connectivity index (χ0v) is 8.09. The van der Waals surface area contributed by atoms with Crippen molar-refractivity contribution in [1.29, 1.82) is 0 Å². The highest BCUT2D eigenvalue weighted by molar-refractivity contribution is 5.11. The summed E-state index contributed by atoms with van der Waals surface area (Å²) in [6.45, 7) is 8.17. The number of aliphatic hydroxyl groups is 1. The van der Waals surface area contributed by atoms with E-state index < -0.39 is 0 Å². The maximum Gasteiger partial charge on any atom is 0.0644 e. The Kier molecular flexibility index (Phi) is 14.4. The maximum atomic E-state index is 8.65. The van der Waals surface area contributed by atoms with Crippen molar-refractivity contribution in [3.05, 3.63) is 23.8 Å². The van der Waals surface area contributed by atoms with Crippen molar-refractivity contribution in [2.24, 2.45) is 0 Å². The van der Waals surface area contributed by atoms with Gasteiger partial charge in [0.15, 0.2) is 0 Å². The van der Waals surface area contributed by atoms with E-state index in [4.69, 9.17) is 5.11 Å². The highest BCUT2D eigenvalue weighted by Crippen LogP contribution is 1.97. The van der Waals surface area contributed by atoms with Crippen LogP contribution in [0.4, 0.5) is 0 Å². The number of rotatable bonds is 3. The highest BCUT2D eigenvalue weighted by atomic mass is 16.3. The van der Waals surface area contributed by atoms with Crippen molar-refractivity contribution in [3.63, 3.8) is 0 Å². The summed E-state index contributed by atoms with van der Waals surface area (Å²) in [5.41, 5.74) is 1.08. The van der Waals surface area contributed by atoms with Gasteiger partial charge in [-0.15, -0.1) is 0 Å². The Balaban J connectivity index is 0. The zero-order chi connectivity index (χ0) is 9.11. The molecule has 0 aliphatic heterocycles. The third-order valence-corrected chi connectivity index (χ3v) is 1.18. The normalized spacial score (nSPS) is 11.2. The molecule has 0 spiro atoms. The molecule has 0 aliphatic carbocycles. The molecule has 1 N–H and O–H groups in total. The number of allylic oxidation sites excluding steroid dienone is 3. The van der Waals surface area contributed by atoms with Gasteiger partial charge in [0.1, 0.15) is 0 Å². The van der Waals surface area contributed by atoms with Crippen molar-refractivity contribution >= 4 is 0 Å². The second-order valence-electron chi connectivity index (χ2n) is 1.86. The average molecular weight is 156 g/mol. The van der Waals surface area contributed by atoms with E-state index in [0.29, 0.717) is 0 Å². The van der Waals surface area contributed by atoms with Gasteiger partial charge in [0.2, 0.25) is 0 Å². The fraction of sp³-hybridized carbons (Fsp3) is 0.600. The standard InChI is InChI=1S/C8H14O.C2H6/c1-3-5-6-8(4-2)7-9;1-2/h3,5-6,9H,4,7H2,1-2H3;1-2H3/b5-3-,8-6-;. The largest absolute Gasteiger partial charge is 0.392 e. The van der Waals surface area contributed by atoms with Crippen molar-refractivity contribution in [3.8, 4) is 0 Å². The highest BCUT2D eigenvalue weighted by Gasteiger charge is 1.85. The number of hydrogen-bond donors (Lipinski definition) is 1. The minimum atomic E-state index is 0.181. The zero-order valence-electron chi connectivity index (χ0n) is 8.09. The Morgan fingerprint density at radius 1 is 1.36 bits per heavy atom. The molecule has 0 unspecified atom stereocenters. The molecule has 0 bridgehead atoms. The van der Waals surface area contributed by atoms with Gasteiger partial charge in [0.25, 0.3) is 0 Å². The van der Waals surface area contributed by atoms with Crippen LogP contribution in [0.5, 0.6) is 0 Å². The average Bonchev–Trinajstić information content (AvgIpc) is 2.10. The summed E-state index contributed by atoms with van der Waals surface area (Å²) in [6, 6.07) is 0. The Labute approximate surface area is 70.4 Å². The molecular weight excluding hydrogens is 136 g/mol. The van der Waals surface area contributed by atoms with Crippen molar-refractivity contribution in [2.45, 2.75) is 34.1 Å². The monoisotopic (exact) mass is 156 g/mol. The fourth-order valence-corrected chi connectivity index (χ4v) is 0.515. The molecule has 1 nitrogen and oxygen atoms in total. The van der Waals surface area contributed by atoms with Crippen LogP contribution in [-0.2, 0) is 0 Å². The second kappa shape index (κ2) is 12.1. The molecule has 0 rings (SSSR count). The lowest BCUT2D eigenvalue weighted by Crippen LogP contribution is -1.85. The van der Waals surface area contributed by atoms with Crippen LogP contribution in [-0.4, -0.2) is 11.7 Å². The van der Waals surface area contributed by atoms with E-state index >= 15 is 0 Å². The van der Waals surface area contributed by atoms with E-state index in [1.807, 2.05) is 45.9 Å². The lowest BCUT2D eigenvalue weighted by molar-refractivity contribution is 0.328. The van der Waals surface area contributed by atoms with E-state index in [2.05, 4.69) is 0 Å². The summed E-state index contributed by atoms with van der Waals surface area (Å²) in [5, 5.41) is 8.65. The van der Waals surface area contributed by atoms with Crippen LogP contribution in [0.25, 0.3) is 0 Å². The maximum absolute atomic E-state index is 8.65. The van der Waals surface area contributed by atoms with Gasteiger partial charge in [-0.25, -0.2) is 0 Å². The molecule has 0 aliphatic rings. The van der Waals surface area contributed by atoms with Crippen LogP contribution in [0, 0.1) is 0 Å². The Morgan fingerprint density at radius 3 is 2.18 bits per heavy atom. The molecular formula is C10H20O. The van der Waals surface area contributed by atoms with E-state index in [0.717, 1.165) is 12.0 Å². The molecule has 1 heteroatoms. The van der Waals surface area contributed by atoms with E-state index in [1.165, 1.54) is 0 Å². The van der Waals surface area contributed by atoms with Crippen LogP contribution in [0.3, 0.4) is 0 Å². The van der Waals surface area contributed by atoms with Crippen molar-refractivity contribution < 1.29 is 5.11 Å². The van der Waals surface area contributed by atoms with Gasteiger partial charge in [0, 0.05) is 0 Å². The minimum Gasteiger partial charge on any atom is -0.392 e. The molecule has 11 heavy (non-hydrogen) atoms. The third kappa shape index (κ3) is 9.44. The van der Waals surface area contributed by atoms with E-state index in [9.17, 15) is 0 Å². The van der Waals surface area contributed by atoms with Gasteiger partial charge in [-0.2, -0.15) is 0 Å². The van der Waals surface area contributed by atoms with Crippen LogP contribution < -0.4 is 0 Å². The molecule has 66 valence electrons. The van der Waals surface area contributed by atoms with Crippen LogP contribution >= 0.6 is 0 Å². The predicted octanol–water partition coefficient (Wildman–Crippen LogP) is 2.92. The topological polar surface area (TPSA) is 20.2 Å². The van der Waals surface area contributed by atoms with Crippen LogP contribution in [0.2, 0.25) is 0 Å². The molecule has 0 heterocycles. The molecule has 0 atom stereocenters. The lowest BCUT2D eigenvalue weighted by Gasteiger charge is -1.93. The smallest absolute Gasteiger partial charge is 0.0644 e. The Morgan fingerprint density at radius 2 is 1.91 bits per heavy atom. The minimum absolute atomic E-state index is 0.181. The van der Waals surface area contributed by atoms with Crippen molar-refractivity contribution in [1.82, 2.24) is 0 Å². The molecule has 0 saturated carbocycles. The first kappa shape index (κ1) is 13.1. The van der Waals surface area contributed by atoms with Crippen molar-refractivity contribution in [2.75, 3.05) is 6.61 Å². The summed E-state index contributed by atoms with van der Waals surface area (Å²) < 4.78 is 0. The SMILES string of the molecule is C/C=C\C=C(\CC)CO.CC.